The number of carbonyl (C=O) groups is 1. The second-order valence-electron chi connectivity index (χ2n) is 6.37. The molecule has 0 saturated carbocycles. The highest BCUT2D eigenvalue weighted by atomic mass is 32.1. The molecule has 0 fully saturated rings. The molecule has 3 rings (SSSR count). The lowest BCUT2D eigenvalue weighted by Crippen LogP contribution is -2.49. The van der Waals surface area contributed by atoms with Gasteiger partial charge in [-0.1, -0.05) is 6.07 Å². The molecule has 1 aromatic carbocycles. The van der Waals surface area contributed by atoms with E-state index < -0.39 is 5.54 Å². The number of nitrogens with zero attached hydrogens (tertiary/aromatic N) is 3. The van der Waals surface area contributed by atoms with Crippen LogP contribution < -0.4 is 15.2 Å². The SMILES string of the molecule is COc1ccc(CN2C(=O)C[C@@](C)(c3ccc(C#N)s3)N=C2N)cc1OC. The molecule has 1 amide bonds. The minimum atomic E-state index is -0.755. The van der Waals surface area contributed by atoms with E-state index in [0.717, 1.165) is 10.4 Å². The normalized spacial score (nSPS) is 19.4. The fourth-order valence-corrected chi connectivity index (χ4v) is 3.92. The molecule has 0 aliphatic carbocycles. The number of aliphatic imine (C=N–C) groups is 1. The molecule has 0 bridgehead atoms. The van der Waals surface area contributed by atoms with E-state index in [1.165, 1.54) is 16.2 Å². The van der Waals surface area contributed by atoms with Crippen LogP contribution in [0.15, 0.2) is 35.3 Å². The molecular weight excluding hydrogens is 364 g/mol. The molecule has 0 saturated heterocycles. The van der Waals surface area contributed by atoms with Crippen molar-refractivity contribution in [2.75, 3.05) is 14.2 Å². The van der Waals surface area contributed by atoms with Gasteiger partial charge < -0.3 is 15.2 Å². The molecule has 0 spiro atoms. The predicted molar refractivity (Wildman–Crippen MR) is 103 cm³/mol. The van der Waals surface area contributed by atoms with Gasteiger partial charge in [-0.05, 0) is 36.8 Å². The maximum atomic E-state index is 12.8. The Morgan fingerprint density at radius 1 is 1.30 bits per heavy atom. The van der Waals surface area contributed by atoms with Crippen LogP contribution in [-0.4, -0.2) is 31.0 Å². The first-order chi connectivity index (χ1) is 12.9. The van der Waals surface area contributed by atoms with Gasteiger partial charge in [0.15, 0.2) is 17.5 Å². The van der Waals surface area contributed by atoms with E-state index in [4.69, 9.17) is 20.5 Å². The summed E-state index contributed by atoms with van der Waals surface area (Å²) in [5.41, 5.74) is 6.23. The number of benzene rings is 1. The first-order valence-electron chi connectivity index (χ1n) is 8.27. The highest BCUT2D eigenvalue weighted by Crippen LogP contribution is 2.37. The highest BCUT2D eigenvalue weighted by molar-refractivity contribution is 7.12. The standard InChI is InChI=1S/C19H20N4O3S/c1-19(16-7-5-13(10-20)27-16)9-17(24)23(18(21)22-19)11-12-4-6-14(25-2)15(8-12)26-3/h4-8H,9,11H2,1-3H3,(H2,21,22)/t19-/m0/s1. The number of nitrogens with two attached hydrogens (primary N) is 1. The van der Waals surface area contributed by atoms with Gasteiger partial charge in [0.2, 0.25) is 5.91 Å². The molecule has 1 aliphatic rings. The van der Waals surface area contributed by atoms with E-state index in [1.807, 2.05) is 25.1 Å². The second kappa shape index (κ2) is 7.29. The van der Waals surface area contributed by atoms with Crippen LogP contribution in [0.2, 0.25) is 0 Å². The lowest BCUT2D eigenvalue weighted by molar-refractivity contribution is -0.130. The van der Waals surface area contributed by atoms with Crippen molar-refractivity contribution in [3.8, 4) is 17.6 Å². The van der Waals surface area contributed by atoms with Crippen molar-refractivity contribution in [3.05, 3.63) is 45.6 Å². The lowest BCUT2D eigenvalue weighted by Gasteiger charge is -2.34. The van der Waals surface area contributed by atoms with Crippen LogP contribution in [-0.2, 0) is 16.9 Å². The molecule has 1 aliphatic heterocycles. The molecule has 2 heterocycles. The fraction of sp³-hybridized carbons (Fsp3) is 0.316. The number of hydrogen-bond acceptors (Lipinski definition) is 7. The Morgan fingerprint density at radius 2 is 2.04 bits per heavy atom. The van der Waals surface area contributed by atoms with Crippen LogP contribution in [0.1, 0.15) is 28.7 Å². The molecule has 140 valence electrons. The van der Waals surface area contributed by atoms with Gasteiger partial charge in [0.25, 0.3) is 0 Å². The number of nitriles is 1. The minimum Gasteiger partial charge on any atom is -0.493 e. The summed E-state index contributed by atoms with van der Waals surface area (Å²) >= 11 is 1.33. The summed E-state index contributed by atoms with van der Waals surface area (Å²) in [4.78, 5) is 20.3. The summed E-state index contributed by atoms with van der Waals surface area (Å²) in [6, 6.07) is 11.1. The minimum absolute atomic E-state index is 0.119. The predicted octanol–water partition coefficient (Wildman–Crippen LogP) is 2.60. The molecule has 27 heavy (non-hydrogen) atoms. The molecule has 1 atom stereocenters. The topological polar surface area (TPSA) is 101 Å². The highest BCUT2D eigenvalue weighted by Gasteiger charge is 2.38. The number of methoxy groups -OCH3 is 2. The third-order valence-electron chi connectivity index (χ3n) is 4.47. The number of guanidine groups is 1. The van der Waals surface area contributed by atoms with Crippen molar-refractivity contribution in [2.45, 2.75) is 25.4 Å². The molecule has 0 radical (unpaired) electrons. The Bertz CT molecular complexity index is 947. The number of ether oxygens (including phenoxy) is 2. The summed E-state index contributed by atoms with van der Waals surface area (Å²) in [6.45, 7) is 2.15. The van der Waals surface area contributed by atoms with Crippen LogP contribution in [0.5, 0.6) is 11.5 Å². The summed E-state index contributed by atoms with van der Waals surface area (Å²) in [6.07, 6.45) is 0.187. The Balaban J connectivity index is 1.86. The van der Waals surface area contributed by atoms with Crippen LogP contribution in [0.3, 0.4) is 0 Å². The fourth-order valence-electron chi connectivity index (χ4n) is 3.03. The first-order valence-corrected chi connectivity index (χ1v) is 9.09. The molecule has 2 aromatic rings. The summed E-state index contributed by atoms with van der Waals surface area (Å²) < 4.78 is 10.5. The molecular formula is C19H20N4O3S. The molecule has 1 aromatic heterocycles. The summed E-state index contributed by atoms with van der Waals surface area (Å²) in [7, 11) is 3.13. The smallest absolute Gasteiger partial charge is 0.232 e. The van der Waals surface area contributed by atoms with E-state index in [0.29, 0.717) is 22.9 Å². The van der Waals surface area contributed by atoms with Gasteiger partial charge in [0, 0.05) is 4.88 Å². The van der Waals surface area contributed by atoms with Crippen LogP contribution >= 0.6 is 11.3 Å². The van der Waals surface area contributed by atoms with Crippen LogP contribution in [0.4, 0.5) is 0 Å². The van der Waals surface area contributed by atoms with E-state index in [9.17, 15) is 4.79 Å². The van der Waals surface area contributed by atoms with E-state index in [2.05, 4.69) is 11.1 Å². The second-order valence-corrected chi connectivity index (χ2v) is 7.45. The number of amides is 1. The summed E-state index contributed by atoms with van der Waals surface area (Å²) in [5.74, 6) is 1.25. The zero-order chi connectivity index (χ0) is 19.6. The Labute approximate surface area is 161 Å². The van der Waals surface area contributed by atoms with Gasteiger partial charge >= 0.3 is 0 Å². The molecule has 8 heteroatoms. The van der Waals surface area contributed by atoms with Gasteiger partial charge in [-0.25, -0.2) is 4.99 Å². The van der Waals surface area contributed by atoms with Crippen molar-refractivity contribution in [2.24, 2.45) is 10.7 Å². The van der Waals surface area contributed by atoms with Gasteiger partial charge in [0.05, 0.1) is 27.2 Å². The molecule has 7 nitrogen and oxygen atoms in total. The molecule has 0 unspecified atom stereocenters. The van der Waals surface area contributed by atoms with E-state index >= 15 is 0 Å². The summed E-state index contributed by atoms with van der Waals surface area (Å²) in [5, 5.41) is 9.03. The largest absolute Gasteiger partial charge is 0.493 e. The average Bonchev–Trinajstić information content (AvgIpc) is 3.14. The van der Waals surface area contributed by atoms with Gasteiger partial charge in [-0.15, -0.1) is 11.3 Å². The van der Waals surface area contributed by atoms with Gasteiger partial charge in [-0.2, -0.15) is 5.26 Å². The van der Waals surface area contributed by atoms with E-state index in [1.54, 1.807) is 26.4 Å². The van der Waals surface area contributed by atoms with Crippen LogP contribution in [0.25, 0.3) is 0 Å². The average molecular weight is 384 g/mol. The lowest BCUT2D eigenvalue weighted by atomic mass is 9.94. The molecule has 2 N–H and O–H groups in total. The maximum Gasteiger partial charge on any atom is 0.232 e. The zero-order valence-electron chi connectivity index (χ0n) is 15.4. The Hall–Kier alpha value is -3.05. The van der Waals surface area contributed by atoms with Crippen molar-refractivity contribution in [1.82, 2.24) is 4.90 Å². The van der Waals surface area contributed by atoms with Crippen molar-refractivity contribution in [1.29, 1.82) is 5.26 Å². The Kier molecular flexibility index (Phi) is 5.06. The maximum absolute atomic E-state index is 12.8. The zero-order valence-corrected chi connectivity index (χ0v) is 16.2. The third kappa shape index (κ3) is 3.59. The number of thiophene rings is 1. The quantitative estimate of drug-likeness (QED) is 0.854. The van der Waals surface area contributed by atoms with Crippen molar-refractivity contribution >= 4 is 23.2 Å². The van der Waals surface area contributed by atoms with E-state index in [-0.39, 0.29) is 18.3 Å². The van der Waals surface area contributed by atoms with Crippen molar-refractivity contribution in [3.63, 3.8) is 0 Å². The van der Waals surface area contributed by atoms with Gasteiger partial charge in [-0.3, -0.25) is 9.69 Å². The van der Waals surface area contributed by atoms with Crippen LogP contribution in [0, 0.1) is 11.3 Å². The number of rotatable bonds is 5. The first kappa shape index (κ1) is 18.7. The van der Waals surface area contributed by atoms with Crippen molar-refractivity contribution < 1.29 is 14.3 Å². The third-order valence-corrected chi connectivity index (χ3v) is 5.71. The van der Waals surface area contributed by atoms with Gasteiger partial charge in [0.1, 0.15) is 16.5 Å². The monoisotopic (exact) mass is 384 g/mol. The number of hydrogen-bond donors (Lipinski definition) is 1. The Morgan fingerprint density at radius 3 is 2.63 bits per heavy atom. The number of carbonyl (C=O) groups excluding carboxylic acids is 1.